The van der Waals surface area contributed by atoms with Gasteiger partial charge in [0.15, 0.2) is 0 Å². The van der Waals surface area contributed by atoms with Crippen LogP contribution in [0.15, 0.2) is 23.5 Å². The zero-order valence-corrected chi connectivity index (χ0v) is 9.13. The normalized spacial score (nSPS) is 11.6. The van der Waals surface area contributed by atoms with Crippen molar-refractivity contribution in [2.45, 2.75) is 5.16 Å². The fourth-order valence-electron chi connectivity index (χ4n) is 0.979. The molecule has 16 heavy (non-hydrogen) atoms. The Kier molecular flexibility index (Phi) is 2.60. The molecule has 84 valence electrons. The molecule has 6 nitrogen and oxygen atoms in total. The summed E-state index contributed by atoms with van der Waals surface area (Å²) in [6, 6.07) is 2.48. The molecule has 0 bridgehead atoms. The number of nitrogens with zero attached hydrogens (tertiary/aromatic N) is 3. The first-order chi connectivity index (χ1) is 7.47. The summed E-state index contributed by atoms with van der Waals surface area (Å²) in [5.74, 6) is -0.483. The van der Waals surface area contributed by atoms with Gasteiger partial charge in [-0.2, -0.15) is 10.1 Å². The van der Waals surface area contributed by atoms with Crippen molar-refractivity contribution in [2.24, 2.45) is 0 Å². The maximum atomic E-state index is 12.6. The Bertz CT molecular complexity index is 610. The number of aromatic amines is 1. The highest BCUT2D eigenvalue weighted by Crippen LogP contribution is 2.15. The Morgan fingerprint density at radius 3 is 2.62 bits per heavy atom. The standard InChI is InChI=1S/C7H4ClFN4O2S/c8-16(14,15)7-11-6(12-13-7)5-2-1-4(9)3-10-5/h1-3H,(H,11,12,13). The van der Waals surface area contributed by atoms with E-state index in [0.717, 1.165) is 12.3 Å². The monoisotopic (exact) mass is 262 g/mol. The van der Waals surface area contributed by atoms with Gasteiger partial charge in [-0.1, -0.05) is 0 Å². The van der Waals surface area contributed by atoms with E-state index in [4.69, 9.17) is 10.7 Å². The van der Waals surface area contributed by atoms with Crippen molar-refractivity contribution in [1.29, 1.82) is 0 Å². The molecule has 0 aliphatic carbocycles. The van der Waals surface area contributed by atoms with E-state index >= 15 is 0 Å². The van der Waals surface area contributed by atoms with Crippen LogP contribution in [0.3, 0.4) is 0 Å². The van der Waals surface area contributed by atoms with E-state index in [1.54, 1.807) is 0 Å². The molecular weight excluding hydrogens is 259 g/mol. The first kappa shape index (κ1) is 11.0. The van der Waals surface area contributed by atoms with E-state index in [1.807, 2.05) is 0 Å². The van der Waals surface area contributed by atoms with Crippen molar-refractivity contribution in [1.82, 2.24) is 20.2 Å². The molecule has 2 aromatic heterocycles. The molecule has 0 saturated carbocycles. The van der Waals surface area contributed by atoms with Gasteiger partial charge in [0.1, 0.15) is 11.5 Å². The topological polar surface area (TPSA) is 88.6 Å². The van der Waals surface area contributed by atoms with E-state index in [2.05, 4.69) is 20.2 Å². The largest absolute Gasteiger partial charge is 0.296 e. The SMILES string of the molecule is O=S(=O)(Cl)c1nc(-c2ccc(F)cn2)n[nH]1. The second-order valence-corrected chi connectivity index (χ2v) is 5.24. The molecule has 0 amide bonds. The molecule has 0 radical (unpaired) electrons. The van der Waals surface area contributed by atoms with Gasteiger partial charge in [-0.05, 0) is 12.1 Å². The number of pyridine rings is 1. The van der Waals surface area contributed by atoms with Crippen molar-refractivity contribution in [3.63, 3.8) is 0 Å². The summed E-state index contributed by atoms with van der Waals surface area (Å²) in [6.07, 6.45) is 0.973. The van der Waals surface area contributed by atoms with Gasteiger partial charge in [0.25, 0.3) is 14.2 Å². The van der Waals surface area contributed by atoms with E-state index in [-0.39, 0.29) is 11.5 Å². The lowest BCUT2D eigenvalue weighted by Crippen LogP contribution is -1.93. The highest BCUT2D eigenvalue weighted by Gasteiger charge is 2.17. The van der Waals surface area contributed by atoms with Crippen molar-refractivity contribution in [2.75, 3.05) is 0 Å². The van der Waals surface area contributed by atoms with Crippen LogP contribution in [0.1, 0.15) is 0 Å². The van der Waals surface area contributed by atoms with Gasteiger partial charge in [0.2, 0.25) is 5.82 Å². The molecular formula is C7H4ClFN4O2S. The summed E-state index contributed by atoms with van der Waals surface area (Å²) in [5, 5.41) is 5.27. The van der Waals surface area contributed by atoms with Crippen LogP contribution in [-0.2, 0) is 9.05 Å². The van der Waals surface area contributed by atoms with Gasteiger partial charge in [0, 0.05) is 10.7 Å². The summed E-state index contributed by atoms with van der Waals surface area (Å²) in [6.45, 7) is 0. The molecule has 0 aromatic carbocycles. The number of rotatable bonds is 2. The van der Waals surface area contributed by atoms with Crippen LogP contribution in [-0.4, -0.2) is 28.6 Å². The number of halogens is 2. The van der Waals surface area contributed by atoms with E-state index in [1.165, 1.54) is 6.07 Å². The molecule has 0 spiro atoms. The second-order valence-electron chi connectivity index (χ2n) is 2.76. The first-order valence-corrected chi connectivity index (χ1v) is 6.27. The number of nitrogens with one attached hydrogen (secondary N) is 1. The summed E-state index contributed by atoms with van der Waals surface area (Å²) >= 11 is 0. The molecule has 0 unspecified atom stereocenters. The van der Waals surface area contributed by atoms with E-state index < -0.39 is 20.0 Å². The Balaban J connectivity index is 2.43. The predicted molar refractivity (Wildman–Crippen MR) is 52.6 cm³/mol. The van der Waals surface area contributed by atoms with E-state index in [9.17, 15) is 12.8 Å². The van der Waals surface area contributed by atoms with Crippen LogP contribution < -0.4 is 0 Å². The van der Waals surface area contributed by atoms with Gasteiger partial charge in [-0.25, -0.2) is 22.9 Å². The minimum absolute atomic E-state index is 0.0271. The molecule has 0 aliphatic heterocycles. The van der Waals surface area contributed by atoms with Gasteiger partial charge in [-0.3, -0.25) is 0 Å². The smallest absolute Gasteiger partial charge is 0.250 e. The number of aromatic nitrogens is 4. The van der Waals surface area contributed by atoms with Crippen molar-refractivity contribution in [3.05, 3.63) is 24.1 Å². The molecule has 0 atom stereocenters. The maximum Gasteiger partial charge on any atom is 0.296 e. The maximum absolute atomic E-state index is 12.6. The Morgan fingerprint density at radius 2 is 2.12 bits per heavy atom. The molecule has 0 aliphatic rings. The number of H-pyrrole nitrogens is 1. The van der Waals surface area contributed by atoms with Gasteiger partial charge < -0.3 is 0 Å². The van der Waals surface area contributed by atoms with Crippen LogP contribution in [0, 0.1) is 5.82 Å². The van der Waals surface area contributed by atoms with Crippen LogP contribution in [0.5, 0.6) is 0 Å². The Morgan fingerprint density at radius 1 is 1.38 bits per heavy atom. The molecule has 0 fully saturated rings. The molecule has 1 N–H and O–H groups in total. The fourth-order valence-corrected chi connectivity index (χ4v) is 1.54. The molecule has 2 rings (SSSR count). The third-order valence-electron chi connectivity index (χ3n) is 1.65. The number of hydrogen-bond donors (Lipinski definition) is 1. The summed E-state index contributed by atoms with van der Waals surface area (Å²) in [5.41, 5.74) is 0.240. The van der Waals surface area contributed by atoms with Gasteiger partial charge >= 0.3 is 0 Å². The zero-order chi connectivity index (χ0) is 11.8. The van der Waals surface area contributed by atoms with Gasteiger partial charge in [0.05, 0.1) is 6.20 Å². The molecule has 0 saturated heterocycles. The fraction of sp³-hybridized carbons (Fsp3) is 0. The van der Waals surface area contributed by atoms with Crippen LogP contribution >= 0.6 is 10.7 Å². The Hall–Kier alpha value is -1.54. The van der Waals surface area contributed by atoms with Crippen LogP contribution in [0.25, 0.3) is 11.5 Å². The third-order valence-corrected chi connectivity index (χ3v) is 2.74. The van der Waals surface area contributed by atoms with Gasteiger partial charge in [-0.15, -0.1) is 0 Å². The van der Waals surface area contributed by atoms with Crippen LogP contribution in [0.4, 0.5) is 4.39 Å². The van der Waals surface area contributed by atoms with Crippen molar-refractivity contribution >= 4 is 19.7 Å². The highest BCUT2D eigenvalue weighted by molar-refractivity contribution is 8.13. The second kappa shape index (κ2) is 3.80. The van der Waals surface area contributed by atoms with Crippen molar-refractivity contribution in [3.8, 4) is 11.5 Å². The average Bonchev–Trinajstić information content (AvgIpc) is 2.67. The summed E-state index contributed by atoms with van der Waals surface area (Å²) in [7, 11) is 1.09. The lowest BCUT2D eigenvalue weighted by molar-refractivity contribution is 0.602. The highest BCUT2D eigenvalue weighted by atomic mass is 35.7. The number of hydrogen-bond acceptors (Lipinski definition) is 5. The minimum Gasteiger partial charge on any atom is -0.250 e. The lowest BCUT2D eigenvalue weighted by atomic mass is 10.3. The third kappa shape index (κ3) is 2.17. The molecule has 2 heterocycles. The zero-order valence-electron chi connectivity index (χ0n) is 7.55. The molecule has 9 heteroatoms. The predicted octanol–water partition coefficient (Wildman–Crippen LogP) is 0.933. The summed E-state index contributed by atoms with van der Waals surface area (Å²) < 4.78 is 34.3. The van der Waals surface area contributed by atoms with Crippen LogP contribution in [0.2, 0.25) is 0 Å². The lowest BCUT2D eigenvalue weighted by Gasteiger charge is -1.92. The summed E-state index contributed by atoms with van der Waals surface area (Å²) in [4.78, 5) is 7.30. The van der Waals surface area contributed by atoms with Crippen molar-refractivity contribution < 1.29 is 12.8 Å². The Labute approximate surface area is 93.9 Å². The first-order valence-electron chi connectivity index (χ1n) is 3.96. The quantitative estimate of drug-likeness (QED) is 0.814. The molecule has 2 aromatic rings. The average molecular weight is 263 g/mol. The minimum atomic E-state index is -3.96. The van der Waals surface area contributed by atoms with E-state index in [0.29, 0.717) is 0 Å².